The lowest BCUT2D eigenvalue weighted by Crippen LogP contribution is -2.24. The summed E-state index contributed by atoms with van der Waals surface area (Å²) in [5.41, 5.74) is 2.60. The van der Waals surface area contributed by atoms with Crippen LogP contribution >= 0.6 is 0 Å². The number of carbonyl (C=O) groups excluding carboxylic acids is 1. The van der Waals surface area contributed by atoms with Crippen molar-refractivity contribution in [1.82, 2.24) is 15.2 Å². The predicted octanol–water partition coefficient (Wildman–Crippen LogP) is 1.78. The van der Waals surface area contributed by atoms with Crippen LogP contribution in [0, 0.1) is 0 Å². The van der Waals surface area contributed by atoms with Gasteiger partial charge in [-0.2, -0.15) is 0 Å². The molecule has 0 aliphatic heterocycles. The topological polar surface area (TPSA) is 65.5 Å². The molecule has 1 amide bonds. The molecule has 21 heavy (non-hydrogen) atoms. The fourth-order valence-corrected chi connectivity index (χ4v) is 2.05. The molecule has 5 nitrogen and oxygen atoms in total. The lowest BCUT2D eigenvalue weighted by Gasteiger charge is -2.14. The van der Waals surface area contributed by atoms with Gasteiger partial charge in [-0.3, -0.25) is 9.78 Å². The molecule has 0 radical (unpaired) electrons. The normalized spacial score (nSPS) is 10.6. The fourth-order valence-electron chi connectivity index (χ4n) is 2.05. The van der Waals surface area contributed by atoms with E-state index in [1.807, 2.05) is 32.3 Å². The molecule has 110 valence electrons. The summed E-state index contributed by atoms with van der Waals surface area (Å²) < 4.78 is 0. The summed E-state index contributed by atoms with van der Waals surface area (Å²) >= 11 is 0. The van der Waals surface area contributed by atoms with E-state index in [0.29, 0.717) is 12.1 Å². The fraction of sp³-hybridized carbons (Fsp3) is 0.250. The van der Waals surface area contributed by atoms with Crippen LogP contribution in [0.25, 0.3) is 0 Å². The van der Waals surface area contributed by atoms with Crippen LogP contribution in [0.4, 0.5) is 0 Å². The molecule has 0 unspecified atom stereocenters. The summed E-state index contributed by atoms with van der Waals surface area (Å²) in [4.78, 5) is 17.9. The maximum atomic E-state index is 12.0. The first-order valence-corrected chi connectivity index (χ1v) is 6.70. The van der Waals surface area contributed by atoms with Crippen molar-refractivity contribution in [1.29, 1.82) is 0 Å². The number of hydrogen-bond donors (Lipinski definition) is 2. The number of aromatic hydroxyl groups is 1. The maximum absolute atomic E-state index is 12.0. The number of rotatable bonds is 5. The summed E-state index contributed by atoms with van der Waals surface area (Å²) in [6, 6.07) is 9.39. The Morgan fingerprint density at radius 2 is 1.95 bits per heavy atom. The minimum atomic E-state index is -0.252. The second-order valence-electron chi connectivity index (χ2n) is 5.12. The highest BCUT2D eigenvalue weighted by molar-refractivity contribution is 5.94. The van der Waals surface area contributed by atoms with Gasteiger partial charge >= 0.3 is 0 Å². The van der Waals surface area contributed by atoms with E-state index in [1.165, 1.54) is 24.0 Å². The first-order chi connectivity index (χ1) is 10.1. The Morgan fingerprint density at radius 3 is 2.62 bits per heavy atom. The van der Waals surface area contributed by atoms with E-state index in [0.717, 1.165) is 12.1 Å². The Bertz CT molecular complexity index is 626. The van der Waals surface area contributed by atoms with Crippen molar-refractivity contribution in [2.45, 2.75) is 13.1 Å². The zero-order chi connectivity index (χ0) is 15.2. The maximum Gasteiger partial charge on any atom is 0.253 e. The van der Waals surface area contributed by atoms with E-state index < -0.39 is 0 Å². The van der Waals surface area contributed by atoms with Gasteiger partial charge in [0.15, 0.2) is 0 Å². The van der Waals surface area contributed by atoms with Crippen molar-refractivity contribution in [2.24, 2.45) is 0 Å². The van der Waals surface area contributed by atoms with E-state index in [2.05, 4.69) is 21.3 Å². The molecule has 0 aliphatic carbocycles. The molecule has 2 N–H and O–H groups in total. The monoisotopic (exact) mass is 285 g/mol. The zero-order valence-electron chi connectivity index (χ0n) is 12.2. The molecule has 0 aliphatic rings. The molecule has 0 saturated heterocycles. The number of carbonyl (C=O) groups is 1. The third-order valence-electron chi connectivity index (χ3n) is 3.03. The predicted molar refractivity (Wildman–Crippen MR) is 80.9 cm³/mol. The largest absolute Gasteiger partial charge is 0.506 e. The Balaban J connectivity index is 2.04. The average molecular weight is 285 g/mol. The Kier molecular flexibility index (Phi) is 4.90. The molecule has 2 aromatic rings. The molecule has 1 aromatic carbocycles. The standard InChI is InChI=1S/C16H19N3O2/c1-19(2)11-13-6-4-3-5-12(13)9-18-16(21)14-7-15(20)10-17-8-14/h3-8,10,20H,9,11H2,1-2H3,(H,18,21). The smallest absolute Gasteiger partial charge is 0.253 e. The van der Waals surface area contributed by atoms with Gasteiger partial charge in [-0.25, -0.2) is 0 Å². The summed E-state index contributed by atoms with van der Waals surface area (Å²) in [6.07, 6.45) is 2.73. The van der Waals surface area contributed by atoms with Crippen LogP contribution in [-0.2, 0) is 13.1 Å². The average Bonchev–Trinajstić information content (AvgIpc) is 2.45. The van der Waals surface area contributed by atoms with E-state index >= 15 is 0 Å². The van der Waals surface area contributed by atoms with Crippen LogP contribution < -0.4 is 5.32 Å². The molecule has 2 rings (SSSR count). The quantitative estimate of drug-likeness (QED) is 0.879. The van der Waals surface area contributed by atoms with Crippen molar-refractivity contribution in [3.63, 3.8) is 0 Å². The van der Waals surface area contributed by atoms with Crippen LogP contribution in [0.15, 0.2) is 42.7 Å². The lowest BCUT2D eigenvalue weighted by atomic mass is 10.1. The summed E-state index contributed by atoms with van der Waals surface area (Å²) in [6.45, 7) is 1.26. The van der Waals surface area contributed by atoms with E-state index in [4.69, 9.17) is 0 Å². The molecule has 1 heterocycles. The number of amides is 1. The number of nitrogens with zero attached hydrogens (tertiary/aromatic N) is 2. The van der Waals surface area contributed by atoms with E-state index in [9.17, 15) is 9.90 Å². The number of nitrogens with one attached hydrogen (secondary N) is 1. The van der Waals surface area contributed by atoms with Gasteiger partial charge < -0.3 is 15.3 Å². The highest BCUT2D eigenvalue weighted by Crippen LogP contribution is 2.12. The lowest BCUT2D eigenvalue weighted by molar-refractivity contribution is 0.0950. The van der Waals surface area contributed by atoms with Crippen LogP contribution in [0.2, 0.25) is 0 Å². The van der Waals surface area contributed by atoms with E-state index in [1.54, 1.807) is 0 Å². The summed E-state index contributed by atoms with van der Waals surface area (Å²) in [5, 5.41) is 12.2. The Labute approximate surface area is 124 Å². The highest BCUT2D eigenvalue weighted by Gasteiger charge is 2.08. The summed E-state index contributed by atoms with van der Waals surface area (Å²) in [7, 11) is 4.02. The van der Waals surface area contributed by atoms with Crippen LogP contribution in [0.3, 0.4) is 0 Å². The SMILES string of the molecule is CN(C)Cc1ccccc1CNC(=O)c1cncc(O)c1. The van der Waals surface area contributed by atoms with Crippen molar-refractivity contribution in [2.75, 3.05) is 14.1 Å². The number of pyridine rings is 1. The second-order valence-corrected chi connectivity index (χ2v) is 5.12. The van der Waals surface area contributed by atoms with Gasteiger partial charge in [0, 0.05) is 19.3 Å². The molecule has 0 atom stereocenters. The van der Waals surface area contributed by atoms with Gasteiger partial charge in [0.25, 0.3) is 5.91 Å². The van der Waals surface area contributed by atoms with E-state index in [-0.39, 0.29) is 11.7 Å². The van der Waals surface area contributed by atoms with Crippen molar-refractivity contribution in [3.05, 3.63) is 59.4 Å². The molecule has 0 bridgehead atoms. The third kappa shape index (κ3) is 4.29. The Hall–Kier alpha value is -2.40. The second kappa shape index (κ2) is 6.85. The molecule has 0 saturated carbocycles. The number of hydrogen-bond acceptors (Lipinski definition) is 4. The summed E-state index contributed by atoms with van der Waals surface area (Å²) in [5.74, 6) is -0.270. The van der Waals surface area contributed by atoms with Gasteiger partial charge in [-0.1, -0.05) is 24.3 Å². The Morgan fingerprint density at radius 1 is 1.24 bits per heavy atom. The highest BCUT2D eigenvalue weighted by atomic mass is 16.3. The minimum Gasteiger partial charge on any atom is -0.506 e. The number of benzene rings is 1. The molecular formula is C16H19N3O2. The van der Waals surface area contributed by atoms with Crippen molar-refractivity contribution >= 4 is 5.91 Å². The minimum absolute atomic E-state index is 0.0179. The molecule has 0 spiro atoms. The van der Waals surface area contributed by atoms with Crippen LogP contribution in [0.1, 0.15) is 21.5 Å². The van der Waals surface area contributed by atoms with Gasteiger partial charge in [0.1, 0.15) is 5.75 Å². The number of aromatic nitrogens is 1. The van der Waals surface area contributed by atoms with Crippen molar-refractivity contribution < 1.29 is 9.90 Å². The van der Waals surface area contributed by atoms with Crippen molar-refractivity contribution in [3.8, 4) is 5.75 Å². The molecule has 5 heteroatoms. The zero-order valence-corrected chi connectivity index (χ0v) is 12.2. The molecular weight excluding hydrogens is 266 g/mol. The van der Waals surface area contributed by atoms with Gasteiger partial charge in [0.2, 0.25) is 0 Å². The first-order valence-electron chi connectivity index (χ1n) is 6.70. The first kappa shape index (κ1) is 15.0. The van der Waals surface area contributed by atoms with Gasteiger partial charge in [-0.15, -0.1) is 0 Å². The van der Waals surface area contributed by atoms with Gasteiger partial charge in [0.05, 0.1) is 11.8 Å². The third-order valence-corrected chi connectivity index (χ3v) is 3.03. The van der Waals surface area contributed by atoms with Crippen LogP contribution in [-0.4, -0.2) is 35.0 Å². The van der Waals surface area contributed by atoms with Gasteiger partial charge in [-0.05, 0) is 31.3 Å². The molecule has 1 aromatic heterocycles. The molecule has 0 fully saturated rings. The van der Waals surface area contributed by atoms with Crippen LogP contribution in [0.5, 0.6) is 5.75 Å².